The Morgan fingerprint density at radius 2 is 1.33 bits per heavy atom. The Bertz CT molecular complexity index is 379. The van der Waals surface area contributed by atoms with Gasteiger partial charge in [0.25, 0.3) is 0 Å². The first-order valence-electron chi connectivity index (χ1n) is 9.64. The van der Waals surface area contributed by atoms with Crippen molar-refractivity contribution in [3.8, 4) is 0 Å². The fourth-order valence-corrected chi connectivity index (χ4v) is 4.70. The summed E-state index contributed by atoms with van der Waals surface area (Å²) in [6.07, 6.45) is 8.39. The van der Waals surface area contributed by atoms with Crippen LogP contribution in [0.5, 0.6) is 0 Å². The van der Waals surface area contributed by atoms with Gasteiger partial charge in [-0.2, -0.15) is 13.2 Å². The zero-order valence-electron chi connectivity index (χ0n) is 14.7. The molecule has 0 heterocycles. The molecule has 5 heteroatoms. The quantitative estimate of drug-likeness (QED) is 0.559. The van der Waals surface area contributed by atoms with Crippen molar-refractivity contribution >= 4 is 5.97 Å². The topological polar surface area (TPSA) is 26.3 Å². The van der Waals surface area contributed by atoms with Gasteiger partial charge in [-0.05, 0) is 55.8 Å². The summed E-state index contributed by atoms with van der Waals surface area (Å²) in [6, 6.07) is 0. The minimum absolute atomic E-state index is 0.101. The molecule has 0 aromatic carbocycles. The maximum absolute atomic E-state index is 12.1. The minimum atomic E-state index is -4.87. The van der Waals surface area contributed by atoms with E-state index in [1.54, 1.807) is 0 Å². The molecule has 0 N–H and O–H groups in total. The first-order valence-corrected chi connectivity index (χ1v) is 9.64. The molecular weight excluding hydrogens is 317 g/mol. The van der Waals surface area contributed by atoms with Gasteiger partial charge in [-0.15, -0.1) is 0 Å². The van der Waals surface area contributed by atoms with Crippen molar-refractivity contribution < 1.29 is 22.7 Å². The fourth-order valence-electron chi connectivity index (χ4n) is 4.70. The molecule has 2 aliphatic rings. The van der Waals surface area contributed by atoms with Gasteiger partial charge < -0.3 is 4.74 Å². The second-order valence-corrected chi connectivity index (χ2v) is 7.77. The van der Waals surface area contributed by atoms with Gasteiger partial charge in [0.2, 0.25) is 0 Å². The van der Waals surface area contributed by atoms with E-state index in [4.69, 9.17) is 0 Å². The zero-order chi connectivity index (χ0) is 17.6. The summed E-state index contributed by atoms with van der Waals surface area (Å²) in [4.78, 5) is 10.7. The molecule has 24 heavy (non-hydrogen) atoms. The van der Waals surface area contributed by atoms with E-state index in [-0.39, 0.29) is 6.61 Å². The van der Waals surface area contributed by atoms with Crippen LogP contribution in [0.1, 0.15) is 77.6 Å². The van der Waals surface area contributed by atoms with Crippen molar-refractivity contribution in [1.82, 2.24) is 0 Å². The Morgan fingerprint density at radius 1 is 0.875 bits per heavy atom. The highest BCUT2D eigenvalue weighted by atomic mass is 19.4. The summed E-state index contributed by atoms with van der Waals surface area (Å²) in [5, 5.41) is 0. The van der Waals surface area contributed by atoms with E-state index in [9.17, 15) is 18.0 Å². The third kappa shape index (κ3) is 5.96. The van der Waals surface area contributed by atoms with Crippen LogP contribution in [0.25, 0.3) is 0 Å². The summed E-state index contributed by atoms with van der Waals surface area (Å²) in [5.74, 6) is 0.966. The smallest absolute Gasteiger partial charge is 0.459 e. The maximum atomic E-state index is 12.1. The molecule has 0 amide bonds. The van der Waals surface area contributed by atoms with E-state index >= 15 is 0 Å². The highest BCUT2D eigenvalue weighted by Gasteiger charge is 2.41. The lowest BCUT2D eigenvalue weighted by Gasteiger charge is -2.38. The van der Waals surface area contributed by atoms with Crippen molar-refractivity contribution in [2.45, 2.75) is 83.7 Å². The predicted molar refractivity (Wildman–Crippen MR) is 87.4 cm³/mol. The second kappa shape index (κ2) is 9.10. The molecule has 2 fully saturated rings. The summed E-state index contributed by atoms with van der Waals surface area (Å²) < 4.78 is 40.5. The van der Waals surface area contributed by atoms with Crippen LogP contribution in [-0.2, 0) is 9.53 Å². The largest absolute Gasteiger partial charge is 0.490 e. The lowest BCUT2D eigenvalue weighted by Crippen LogP contribution is -2.28. The van der Waals surface area contributed by atoms with Crippen LogP contribution >= 0.6 is 0 Å². The first kappa shape index (κ1) is 19.6. The lowest BCUT2D eigenvalue weighted by molar-refractivity contribution is -0.200. The van der Waals surface area contributed by atoms with Gasteiger partial charge in [0, 0.05) is 0 Å². The molecule has 2 rings (SSSR count). The molecule has 0 spiro atoms. The van der Waals surface area contributed by atoms with E-state index in [1.807, 2.05) is 0 Å². The van der Waals surface area contributed by atoms with Gasteiger partial charge in [0.15, 0.2) is 0 Å². The fraction of sp³-hybridized carbons (Fsp3) is 0.947. The third-order valence-electron chi connectivity index (χ3n) is 6.14. The average Bonchev–Trinajstić information content (AvgIpc) is 2.56. The van der Waals surface area contributed by atoms with Gasteiger partial charge in [0.05, 0.1) is 6.61 Å². The summed E-state index contributed by atoms with van der Waals surface area (Å²) in [5.41, 5.74) is 0. The number of hydrogen-bond donors (Lipinski definition) is 0. The monoisotopic (exact) mass is 348 g/mol. The van der Waals surface area contributed by atoms with E-state index in [1.165, 1.54) is 51.4 Å². The van der Waals surface area contributed by atoms with Crippen molar-refractivity contribution in [2.75, 3.05) is 6.61 Å². The molecule has 0 aliphatic heterocycles. The van der Waals surface area contributed by atoms with Crippen molar-refractivity contribution in [1.29, 1.82) is 0 Å². The van der Waals surface area contributed by atoms with Crippen LogP contribution in [-0.4, -0.2) is 18.8 Å². The molecule has 0 aromatic heterocycles. The lowest BCUT2D eigenvalue weighted by atomic mass is 9.68. The average molecular weight is 348 g/mol. The molecule has 140 valence electrons. The Balaban J connectivity index is 1.61. The number of carbonyl (C=O) groups excluding carboxylic acids is 1. The highest BCUT2D eigenvalue weighted by Crippen LogP contribution is 2.42. The Kier molecular flexibility index (Phi) is 7.42. The molecule has 0 aromatic rings. The van der Waals surface area contributed by atoms with E-state index in [2.05, 4.69) is 11.7 Å². The molecule has 0 unspecified atom stereocenters. The number of ether oxygens (including phenoxy) is 1. The van der Waals surface area contributed by atoms with Crippen LogP contribution in [0.2, 0.25) is 0 Å². The first-order chi connectivity index (χ1) is 11.4. The molecule has 0 atom stereocenters. The molecule has 2 nitrogen and oxygen atoms in total. The molecule has 0 radical (unpaired) electrons. The number of alkyl halides is 3. The van der Waals surface area contributed by atoms with Crippen LogP contribution in [0.15, 0.2) is 0 Å². The predicted octanol–water partition coefficient (Wildman–Crippen LogP) is 5.89. The van der Waals surface area contributed by atoms with Crippen molar-refractivity contribution in [2.24, 2.45) is 23.7 Å². The van der Waals surface area contributed by atoms with E-state index < -0.39 is 12.1 Å². The number of carbonyl (C=O) groups is 1. The zero-order valence-corrected chi connectivity index (χ0v) is 14.7. The van der Waals surface area contributed by atoms with Gasteiger partial charge in [0.1, 0.15) is 0 Å². The minimum Gasteiger partial charge on any atom is -0.459 e. The SMILES string of the molecule is CCCC1CCC(C2CCC(CCOC(=O)C(F)(F)F)CC2)CC1. The molecule has 0 bridgehead atoms. The molecule has 2 aliphatic carbocycles. The highest BCUT2D eigenvalue weighted by molar-refractivity contribution is 5.75. The van der Waals surface area contributed by atoms with Crippen LogP contribution in [0.4, 0.5) is 13.2 Å². The van der Waals surface area contributed by atoms with Gasteiger partial charge >= 0.3 is 12.1 Å². The maximum Gasteiger partial charge on any atom is 0.490 e. The van der Waals surface area contributed by atoms with Crippen molar-refractivity contribution in [3.63, 3.8) is 0 Å². The van der Waals surface area contributed by atoms with Crippen molar-refractivity contribution in [3.05, 3.63) is 0 Å². The van der Waals surface area contributed by atoms with E-state index in [0.29, 0.717) is 12.3 Å². The standard InChI is InChI=1S/C19H31F3O2/c1-2-3-14-4-8-16(9-5-14)17-10-6-15(7-11-17)12-13-24-18(23)19(20,21)22/h14-17H,2-13H2,1H3. The number of hydrogen-bond acceptors (Lipinski definition) is 2. The summed E-state index contributed by atoms with van der Waals surface area (Å²) >= 11 is 0. The van der Waals surface area contributed by atoms with Crippen LogP contribution < -0.4 is 0 Å². The summed E-state index contributed by atoms with van der Waals surface area (Å²) in [7, 11) is 0. The number of halogens is 3. The Labute approximate surface area is 143 Å². The Hall–Kier alpha value is -0.740. The number of esters is 1. The Morgan fingerprint density at radius 3 is 1.75 bits per heavy atom. The molecule has 2 saturated carbocycles. The van der Waals surface area contributed by atoms with E-state index in [0.717, 1.165) is 30.6 Å². The third-order valence-corrected chi connectivity index (χ3v) is 6.14. The molecule has 0 saturated heterocycles. The number of rotatable bonds is 6. The van der Waals surface area contributed by atoms with Crippen LogP contribution in [0.3, 0.4) is 0 Å². The van der Waals surface area contributed by atoms with Gasteiger partial charge in [-0.1, -0.05) is 45.4 Å². The van der Waals surface area contributed by atoms with Gasteiger partial charge in [-0.3, -0.25) is 0 Å². The summed E-state index contributed by atoms with van der Waals surface area (Å²) in [6.45, 7) is 2.16. The van der Waals surface area contributed by atoms with Gasteiger partial charge in [-0.25, -0.2) is 4.79 Å². The second-order valence-electron chi connectivity index (χ2n) is 7.77. The molecular formula is C19H31F3O2. The normalized spacial score (nSPS) is 31.7. The van der Waals surface area contributed by atoms with Crippen LogP contribution in [0, 0.1) is 23.7 Å².